The van der Waals surface area contributed by atoms with Gasteiger partial charge < -0.3 is 15.5 Å². The molecule has 1 unspecified atom stereocenters. The van der Waals surface area contributed by atoms with Crippen molar-refractivity contribution in [1.29, 1.82) is 0 Å². The number of anilines is 1. The zero-order chi connectivity index (χ0) is 14.4. The lowest BCUT2D eigenvalue weighted by Crippen LogP contribution is -2.20. The molecule has 19 heavy (non-hydrogen) atoms. The Hall–Kier alpha value is -1.65. The molecule has 0 aliphatic carbocycles. The summed E-state index contributed by atoms with van der Waals surface area (Å²) in [4.78, 5) is 12.0. The molecule has 104 valence electrons. The number of benzene rings is 1. The van der Waals surface area contributed by atoms with Gasteiger partial charge in [-0.25, -0.2) is 0 Å². The number of hydrogen-bond acceptors (Lipinski definition) is 3. The summed E-state index contributed by atoms with van der Waals surface area (Å²) in [7, 11) is 0. The van der Waals surface area contributed by atoms with Crippen molar-refractivity contribution in [2.75, 3.05) is 5.32 Å². The van der Waals surface area contributed by atoms with Crippen LogP contribution in [-0.2, 0) is 18.0 Å². The maximum atomic E-state index is 12.0. The first kappa shape index (κ1) is 15.4. The number of carbonyl (C=O) groups excluding carboxylic acids is 1. The van der Waals surface area contributed by atoms with E-state index in [1.807, 2.05) is 13.8 Å². The number of allylic oxidation sites excluding steroid dienone is 1. The predicted octanol–water partition coefficient (Wildman–Crippen LogP) is 2.21. The first-order chi connectivity index (χ1) is 8.96. The molecule has 1 aromatic carbocycles. The fraction of sp³-hybridized carbons (Fsp3) is 0.400. The number of amides is 1. The quantitative estimate of drug-likeness (QED) is 0.689. The van der Waals surface area contributed by atoms with E-state index >= 15 is 0 Å². The minimum atomic E-state index is -0.159. The van der Waals surface area contributed by atoms with E-state index in [-0.39, 0.29) is 25.0 Å². The summed E-state index contributed by atoms with van der Waals surface area (Å²) in [5.74, 6) is -0.255. The summed E-state index contributed by atoms with van der Waals surface area (Å²) in [6.45, 7) is 7.27. The van der Waals surface area contributed by atoms with Crippen LogP contribution >= 0.6 is 0 Å². The lowest BCUT2D eigenvalue weighted by Gasteiger charge is -2.13. The van der Waals surface area contributed by atoms with Crippen LogP contribution in [0.4, 0.5) is 5.69 Å². The van der Waals surface area contributed by atoms with Gasteiger partial charge in [-0.05, 0) is 36.6 Å². The van der Waals surface area contributed by atoms with E-state index in [4.69, 9.17) is 10.2 Å². The van der Waals surface area contributed by atoms with E-state index in [9.17, 15) is 4.79 Å². The summed E-state index contributed by atoms with van der Waals surface area (Å²) in [5.41, 5.74) is 2.88. The highest BCUT2D eigenvalue weighted by atomic mass is 16.3. The van der Waals surface area contributed by atoms with E-state index in [1.165, 1.54) is 0 Å². The molecule has 0 aliphatic rings. The third-order valence-corrected chi connectivity index (χ3v) is 2.79. The molecule has 0 radical (unpaired) electrons. The molecule has 0 bridgehead atoms. The molecule has 0 aliphatic heterocycles. The normalized spacial score (nSPS) is 12.0. The van der Waals surface area contributed by atoms with Crippen molar-refractivity contribution in [2.24, 2.45) is 5.92 Å². The van der Waals surface area contributed by atoms with Crippen LogP contribution in [-0.4, -0.2) is 16.1 Å². The number of carbonyl (C=O) groups is 1. The highest BCUT2D eigenvalue weighted by Gasteiger charge is 2.13. The van der Waals surface area contributed by atoms with Crippen LogP contribution in [0.1, 0.15) is 31.4 Å². The first-order valence-corrected chi connectivity index (χ1v) is 6.26. The molecular formula is C15H21NO3. The molecule has 0 fully saturated rings. The van der Waals surface area contributed by atoms with Gasteiger partial charge in [0.05, 0.1) is 13.2 Å². The van der Waals surface area contributed by atoms with Gasteiger partial charge >= 0.3 is 0 Å². The van der Waals surface area contributed by atoms with Gasteiger partial charge in [-0.3, -0.25) is 4.79 Å². The maximum absolute atomic E-state index is 12.0. The molecule has 3 N–H and O–H groups in total. The average Bonchev–Trinajstić information content (AvgIpc) is 2.37. The third-order valence-electron chi connectivity index (χ3n) is 2.79. The fourth-order valence-electron chi connectivity index (χ4n) is 1.90. The van der Waals surface area contributed by atoms with Gasteiger partial charge in [-0.15, -0.1) is 6.58 Å². The van der Waals surface area contributed by atoms with Crippen molar-refractivity contribution in [3.05, 3.63) is 41.5 Å². The average molecular weight is 263 g/mol. The first-order valence-electron chi connectivity index (χ1n) is 6.26. The smallest absolute Gasteiger partial charge is 0.227 e. The van der Waals surface area contributed by atoms with Crippen molar-refractivity contribution in [3.8, 4) is 0 Å². The van der Waals surface area contributed by atoms with Crippen molar-refractivity contribution in [3.63, 3.8) is 0 Å². The van der Waals surface area contributed by atoms with E-state index in [2.05, 4.69) is 11.9 Å². The summed E-state index contributed by atoms with van der Waals surface area (Å²) >= 11 is 0. The fourth-order valence-corrected chi connectivity index (χ4v) is 1.90. The minimum absolute atomic E-state index is 0.0954. The van der Waals surface area contributed by atoms with Crippen LogP contribution in [0.2, 0.25) is 0 Å². The highest BCUT2D eigenvalue weighted by molar-refractivity contribution is 5.92. The number of rotatable bonds is 6. The lowest BCUT2D eigenvalue weighted by molar-refractivity contribution is -0.119. The Morgan fingerprint density at radius 1 is 1.26 bits per heavy atom. The molecule has 1 atom stereocenters. The van der Waals surface area contributed by atoms with E-state index < -0.39 is 0 Å². The molecular weight excluding hydrogens is 242 g/mol. The second-order valence-corrected chi connectivity index (χ2v) is 4.91. The summed E-state index contributed by atoms with van der Waals surface area (Å²) in [6.07, 6.45) is 0.637. The molecule has 0 aromatic heterocycles. The predicted molar refractivity (Wildman–Crippen MR) is 75.5 cm³/mol. The zero-order valence-electron chi connectivity index (χ0n) is 11.4. The Morgan fingerprint density at radius 2 is 1.79 bits per heavy atom. The van der Waals surface area contributed by atoms with Gasteiger partial charge in [0, 0.05) is 11.6 Å². The molecule has 0 saturated heterocycles. The Bertz CT molecular complexity index is 446. The van der Waals surface area contributed by atoms with Crippen LogP contribution < -0.4 is 5.32 Å². The Morgan fingerprint density at radius 3 is 2.21 bits per heavy atom. The van der Waals surface area contributed by atoms with Crippen LogP contribution in [0.15, 0.2) is 30.4 Å². The number of hydrogen-bond donors (Lipinski definition) is 3. The Kier molecular flexibility index (Phi) is 5.73. The monoisotopic (exact) mass is 263 g/mol. The molecule has 0 saturated carbocycles. The SMILES string of the molecule is C=C(C)CC(C)C(=O)Nc1cc(CO)cc(CO)c1. The van der Waals surface area contributed by atoms with Gasteiger partial charge in [0.15, 0.2) is 0 Å². The molecule has 4 heteroatoms. The Labute approximate surface area is 113 Å². The second kappa shape index (κ2) is 7.07. The Balaban J connectivity index is 2.80. The van der Waals surface area contributed by atoms with E-state index in [0.29, 0.717) is 23.2 Å². The minimum Gasteiger partial charge on any atom is -0.392 e. The largest absolute Gasteiger partial charge is 0.392 e. The topological polar surface area (TPSA) is 69.6 Å². The highest BCUT2D eigenvalue weighted by Crippen LogP contribution is 2.18. The summed E-state index contributed by atoms with van der Waals surface area (Å²) < 4.78 is 0. The molecule has 0 spiro atoms. The molecule has 0 heterocycles. The van der Waals surface area contributed by atoms with Crippen molar-refractivity contribution in [2.45, 2.75) is 33.5 Å². The number of nitrogens with one attached hydrogen (secondary N) is 1. The van der Waals surface area contributed by atoms with E-state index in [1.54, 1.807) is 18.2 Å². The van der Waals surface area contributed by atoms with Crippen molar-refractivity contribution in [1.82, 2.24) is 0 Å². The van der Waals surface area contributed by atoms with Crippen LogP contribution in [0.5, 0.6) is 0 Å². The van der Waals surface area contributed by atoms with Crippen LogP contribution in [0, 0.1) is 5.92 Å². The van der Waals surface area contributed by atoms with Crippen molar-refractivity contribution >= 4 is 11.6 Å². The molecule has 1 rings (SSSR count). The summed E-state index contributed by atoms with van der Waals surface area (Å²) in [6, 6.07) is 5.10. The standard InChI is InChI=1S/C15H21NO3/c1-10(2)4-11(3)15(19)16-14-6-12(8-17)5-13(7-14)9-18/h5-7,11,17-18H,1,4,8-9H2,2-3H3,(H,16,19). The molecule has 1 amide bonds. The molecule has 1 aromatic rings. The van der Waals surface area contributed by atoms with Gasteiger partial charge in [-0.1, -0.05) is 18.6 Å². The van der Waals surface area contributed by atoms with Crippen LogP contribution in [0.3, 0.4) is 0 Å². The van der Waals surface area contributed by atoms with Crippen molar-refractivity contribution < 1.29 is 15.0 Å². The maximum Gasteiger partial charge on any atom is 0.227 e. The number of aliphatic hydroxyl groups excluding tert-OH is 2. The van der Waals surface area contributed by atoms with Gasteiger partial charge in [-0.2, -0.15) is 0 Å². The van der Waals surface area contributed by atoms with Crippen LogP contribution in [0.25, 0.3) is 0 Å². The van der Waals surface area contributed by atoms with Gasteiger partial charge in [0.2, 0.25) is 5.91 Å². The molecule has 4 nitrogen and oxygen atoms in total. The second-order valence-electron chi connectivity index (χ2n) is 4.91. The lowest BCUT2D eigenvalue weighted by atomic mass is 10.0. The third kappa shape index (κ3) is 4.85. The van der Waals surface area contributed by atoms with Gasteiger partial charge in [0.1, 0.15) is 0 Å². The van der Waals surface area contributed by atoms with Gasteiger partial charge in [0.25, 0.3) is 0 Å². The summed E-state index contributed by atoms with van der Waals surface area (Å²) in [5, 5.41) is 21.1. The number of aliphatic hydroxyl groups is 2. The van der Waals surface area contributed by atoms with E-state index in [0.717, 1.165) is 5.57 Å². The zero-order valence-corrected chi connectivity index (χ0v) is 11.4.